The van der Waals surface area contributed by atoms with Crippen molar-refractivity contribution < 1.29 is 18.0 Å². The molecule has 7 heteroatoms. The molecule has 110 valence electrons. The normalized spacial score (nSPS) is 23.4. The summed E-state index contributed by atoms with van der Waals surface area (Å²) in [7, 11) is 0. The highest BCUT2D eigenvalue weighted by Crippen LogP contribution is 2.37. The average Bonchev–Trinajstić information content (AvgIpc) is 2.38. The summed E-state index contributed by atoms with van der Waals surface area (Å²) in [5, 5.41) is 2.82. The number of halogens is 4. The predicted molar refractivity (Wildman–Crippen MR) is 68.5 cm³/mol. The van der Waals surface area contributed by atoms with Crippen LogP contribution in [0.3, 0.4) is 0 Å². The minimum atomic E-state index is -4.20. The lowest BCUT2D eigenvalue weighted by Crippen LogP contribution is -2.41. The van der Waals surface area contributed by atoms with E-state index in [1.165, 1.54) is 18.5 Å². The van der Waals surface area contributed by atoms with E-state index < -0.39 is 24.0 Å². The fourth-order valence-corrected chi connectivity index (χ4v) is 2.65. The van der Waals surface area contributed by atoms with Crippen molar-refractivity contribution in [2.24, 2.45) is 5.92 Å². The number of carbonyl (C=O) groups is 1. The number of alkyl halides is 3. The van der Waals surface area contributed by atoms with Crippen LogP contribution in [0.15, 0.2) is 18.5 Å². The van der Waals surface area contributed by atoms with Crippen LogP contribution in [0.4, 0.5) is 13.2 Å². The molecule has 0 aromatic carbocycles. The van der Waals surface area contributed by atoms with Gasteiger partial charge < -0.3 is 5.32 Å². The summed E-state index contributed by atoms with van der Waals surface area (Å²) in [6, 6.07) is 0.981. The molecular weight excluding hydrogens is 293 g/mol. The third kappa shape index (κ3) is 3.62. The minimum Gasteiger partial charge on any atom is -0.349 e. The molecule has 1 amide bonds. The third-order valence-electron chi connectivity index (χ3n) is 3.49. The van der Waals surface area contributed by atoms with Crippen molar-refractivity contribution in [2.45, 2.75) is 37.9 Å². The summed E-state index contributed by atoms with van der Waals surface area (Å²) >= 11 is 5.83. The fourth-order valence-electron chi connectivity index (χ4n) is 2.44. The second-order valence-electron chi connectivity index (χ2n) is 4.93. The molecule has 1 saturated carbocycles. The van der Waals surface area contributed by atoms with Gasteiger partial charge in [0.05, 0.1) is 16.5 Å². The van der Waals surface area contributed by atoms with E-state index in [2.05, 4.69) is 10.3 Å². The van der Waals surface area contributed by atoms with Gasteiger partial charge in [0, 0.05) is 18.4 Å². The number of carbonyl (C=O) groups excluding carboxylic acids is 1. The lowest BCUT2D eigenvalue weighted by molar-refractivity contribution is -0.183. The van der Waals surface area contributed by atoms with Gasteiger partial charge in [-0.05, 0) is 25.3 Å². The molecule has 1 N–H and O–H groups in total. The van der Waals surface area contributed by atoms with E-state index in [0.29, 0.717) is 12.8 Å². The summed E-state index contributed by atoms with van der Waals surface area (Å²) in [4.78, 5) is 15.7. The fraction of sp³-hybridized carbons (Fsp3) is 0.538. The van der Waals surface area contributed by atoms with E-state index >= 15 is 0 Å². The molecule has 1 heterocycles. The molecule has 0 saturated heterocycles. The van der Waals surface area contributed by atoms with Crippen molar-refractivity contribution in [1.82, 2.24) is 10.3 Å². The van der Waals surface area contributed by atoms with Crippen molar-refractivity contribution >= 4 is 17.5 Å². The van der Waals surface area contributed by atoms with Gasteiger partial charge in [-0.25, -0.2) is 0 Å². The number of aromatic nitrogens is 1. The van der Waals surface area contributed by atoms with E-state index in [0.717, 1.165) is 0 Å². The molecule has 0 spiro atoms. The van der Waals surface area contributed by atoms with Gasteiger partial charge in [-0.15, -0.1) is 0 Å². The van der Waals surface area contributed by atoms with Crippen LogP contribution in [0.2, 0.25) is 5.02 Å². The van der Waals surface area contributed by atoms with E-state index in [1.54, 1.807) is 0 Å². The standard InChI is InChI=1S/C13H14ClF3N2O/c14-11-7-18-5-4-10(11)12(20)19-9-3-1-2-8(6-9)13(15,16)17/h4-5,7-9H,1-3,6H2,(H,19,20). The molecule has 0 radical (unpaired) electrons. The number of hydrogen-bond donors (Lipinski definition) is 1. The van der Waals surface area contributed by atoms with Gasteiger partial charge >= 0.3 is 6.18 Å². The van der Waals surface area contributed by atoms with Crippen LogP contribution in [-0.4, -0.2) is 23.1 Å². The smallest absolute Gasteiger partial charge is 0.349 e. The Labute approximate surface area is 119 Å². The molecule has 0 aliphatic heterocycles. The second-order valence-corrected chi connectivity index (χ2v) is 5.34. The first kappa shape index (κ1) is 15.1. The van der Waals surface area contributed by atoms with E-state index in [4.69, 9.17) is 11.6 Å². The Balaban J connectivity index is 2.00. The second kappa shape index (κ2) is 5.99. The Morgan fingerprint density at radius 3 is 2.80 bits per heavy atom. The largest absolute Gasteiger partial charge is 0.391 e. The van der Waals surface area contributed by atoms with Crippen molar-refractivity contribution in [3.05, 3.63) is 29.0 Å². The highest BCUT2D eigenvalue weighted by molar-refractivity contribution is 6.33. The lowest BCUT2D eigenvalue weighted by atomic mass is 9.85. The summed E-state index contributed by atoms with van der Waals surface area (Å²) in [5.74, 6) is -1.79. The summed E-state index contributed by atoms with van der Waals surface area (Å²) in [6.07, 6.45) is -0.377. The Morgan fingerprint density at radius 1 is 1.40 bits per heavy atom. The van der Waals surface area contributed by atoms with E-state index in [1.807, 2.05) is 0 Å². The molecule has 1 aromatic heterocycles. The van der Waals surface area contributed by atoms with Gasteiger partial charge in [-0.3, -0.25) is 9.78 Å². The molecule has 2 unspecified atom stereocenters. The molecule has 1 aliphatic carbocycles. The van der Waals surface area contributed by atoms with Crippen LogP contribution in [0, 0.1) is 5.92 Å². The van der Waals surface area contributed by atoms with Crippen molar-refractivity contribution in [2.75, 3.05) is 0 Å². The number of pyridine rings is 1. The van der Waals surface area contributed by atoms with Gasteiger partial charge in [0.25, 0.3) is 5.91 Å². The lowest BCUT2D eigenvalue weighted by Gasteiger charge is -2.31. The Kier molecular flexibility index (Phi) is 4.52. The molecule has 20 heavy (non-hydrogen) atoms. The predicted octanol–water partition coefficient (Wildman–Crippen LogP) is 3.59. The quantitative estimate of drug-likeness (QED) is 0.907. The van der Waals surface area contributed by atoms with Crippen LogP contribution >= 0.6 is 11.6 Å². The Hall–Kier alpha value is -1.30. The van der Waals surface area contributed by atoms with Crippen LogP contribution in [0.1, 0.15) is 36.0 Å². The van der Waals surface area contributed by atoms with Crippen LogP contribution in [0.5, 0.6) is 0 Å². The van der Waals surface area contributed by atoms with Gasteiger partial charge in [0.1, 0.15) is 0 Å². The molecule has 2 atom stereocenters. The average molecular weight is 307 g/mol. The van der Waals surface area contributed by atoms with Gasteiger partial charge in [0.2, 0.25) is 0 Å². The molecule has 2 rings (SSSR count). The number of nitrogens with zero attached hydrogens (tertiary/aromatic N) is 1. The van der Waals surface area contributed by atoms with E-state index in [9.17, 15) is 18.0 Å². The molecule has 1 aromatic rings. The number of hydrogen-bond acceptors (Lipinski definition) is 2. The summed E-state index contributed by atoms with van der Waals surface area (Å²) in [6.45, 7) is 0. The zero-order valence-electron chi connectivity index (χ0n) is 10.6. The zero-order chi connectivity index (χ0) is 14.8. The van der Waals surface area contributed by atoms with Gasteiger partial charge in [-0.1, -0.05) is 18.0 Å². The SMILES string of the molecule is O=C(NC1CCCC(C(F)(F)F)C1)c1ccncc1Cl. The van der Waals surface area contributed by atoms with Crippen molar-refractivity contribution in [1.29, 1.82) is 0 Å². The van der Waals surface area contributed by atoms with Gasteiger partial charge in [0.15, 0.2) is 0 Å². The maximum absolute atomic E-state index is 12.7. The maximum atomic E-state index is 12.7. The highest BCUT2D eigenvalue weighted by atomic mass is 35.5. The zero-order valence-corrected chi connectivity index (χ0v) is 11.3. The van der Waals surface area contributed by atoms with Crippen LogP contribution in [-0.2, 0) is 0 Å². The number of nitrogens with one attached hydrogen (secondary N) is 1. The topological polar surface area (TPSA) is 42.0 Å². The van der Waals surface area contributed by atoms with E-state index in [-0.39, 0.29) is 23.4 Å². The first-order chi connectivity index (χ1) is 9.38. The van der Waals surface area contributed by atoms with Crippen LogP contribution in [0.25, 0.3) is 0 Å². The highest BCUT2D eigenvalue weighted by Gasteiger charge is 2.42. The molecule has 1 aliphatic rings. The first-order valence-electron chi connectivity index (χ1n) is 6.35. The summed E-state index contributed by atoms with van der Waals surface area (Å²) in [5.41, 5.74) is 0.232. The molecule has 3 nitrogen and oxygen atoms in total. The summed E-state index contributed by atoms with van der Waals surface area (Å²) < 4.78 is 38.1. The number of amides is 1. The van der Waals surface area contributed by atoms with Crippen molar-refractivity contribution in [3.8, 4) is 0 Å². The van der Waals surface area contributed by atoms with Crippen molar-refractivity contribution in [3.63, 3.8) is 0 Å². The first-order valence-corrected chi connectivity index (χ1v) is 6.73. The van der Waals surface area contributed by atoms with Crippen LogP contribution < -0.4 is 5.32 Å². The number of rotatable bonds is 2. The molecule has 0 bridgehead atoms. The minimum absolute atomic E-state index is 0.0715. The monoisotopic (exact) mass is 306 g/mol. The molecule has 1 fully saturated rings. The third-order valence-corrected chi connectivity index (χ3v) is 3.79. The Bertz CT molecular complexity index is 493. The maximum Gasteiger partial charge on any atom is 0.391 e. The van der Waals surface area contributed by atoms with Gasteiger partial charge in [-0.2, -0.15) is 13.2 Å². The Morgan fingerprint density at radius 2 is 2.15 bits per heavy atom. The molecular formula is C13H14ClF3N2O.